The van der Waals surface area contributed by atoms with E-state index < -0.39 is 16.1 Å². The Bertz CT molecular complexity index is 1640. The number of benzene rings is 4. The van der Waals surface area contributed by atoms with Gasteiger partial charge in [-0.05, 0) is 59.9 Å². The molecule has 0 heterocycles. The number of nitrogens with one attached hydrogen (secondary N) is 2. The van der Waals surface area contributed by atoms with Crippen molar-refractivity contribution in [3.05, 3.63) is 131 Å². The first-order valence-electron chi connectivity index (χ1n) is 15.1. The Balaban J connectivity index is 1.59. The summed E-state index contributed by atoms with van der Waals surface area (Å²) in [5.41, 5.74) is 4.74. The van der Waals surface area contributed by atoms with Crippen molar-refractivity contribution in [1.29, 1.82) is 0 Å². The normalized spacial score (nSPS) is 11.9. The van der Waals surface area contributed by atoms with Gasteiger partial charge >= 0.3 is 0 Å². The second-order valence-electron chi connectivity index (χ2n) is 10.9. The lowest BCUT2D eigenvalue weighted by atomic mass is 10.0. The van der Waals surface area contributed by atoms with Crippen LogP contribution in [0.4, 0.5) is 0 Å². The van der Waals surface area contributed by atoms with Crippen LogP contribution in [0.25, 0.3) is 0 Å². The van der Waals surface area contributed by atoms with Crippen LogP contribution in [-0.2, 0) is 45.5 Å². The first-order valence-corrected chi connectivity index (χ1v) is 16.5. The third-order valence-electron chi connectivity index (χ3n) is 7.57. The van der Waals surface area contributed by atoms with E-state index in [9.17, 15) is 18.0 Å². The maximum Gasteiger partial charge on any atom is 0.243 e. The van der Waals surface area contributed by atoms with Gasteiger partial charge in [-0.2, -0.15) is 0 Å². The van der Waals surface area contributed by atoms with Crippen molar-refractivity contribution in [3.63, 3.8) is 0 Å². The van der Waals surface area contributed by atoms with Gasteiger partial charge in [-0.3, -0.25) is 9.59 Å². The third-order valence-corrected chi connectivity index (χ3v) is 9.13. The summed E-state index contributed by atoms with van der Waals surface area (Å²) in [4.78, 5) is 29.7. The minimum Gasteiger partial charge on any atom is -0.497 e. The second-order valence-corrected chi connectivity index (χ2v) is 12.7. The molecule has 0 fully saturated rings. The summed E-state index contributed by atoms with van der Waals surface area (Å²) in [6.07, 6.45) is 0.883. The lowest BCUT2D eigenvalue weighted by Crippen LogP contribution is -2.50. The third kappa shape index (κ3) is 9.76. The molecule has 0 saturated heterocycles. The number of hydrogen-bond acceptors (Lipinski definition) is 5. The summed E-state index contributed by atoms with van der Waals surface area (Å²) in [5, 5.41) is 3.07. The standard InChI is InChI=1S/C36H41N3O5S/c1-4-38-45(42,43)33-21-16-28(17-22-33)18-23-35(40)39(26-31-14-19-32(44-3)20-15-31)34(24-29-8-6-5-7-9-29)36(41)37-25-30-12-10-27(2)11-13-30/h5-17,19-22,34,38H,4,18,23-26H2,1-3H3,(H,37,41)/t34-/m1/s1. The molecule has 1 atom stereocenters. The molecular weight excluding hydrogens is 586 g/mol. The Kier molecular flexibility index (Phi) is 11.9. The fraction of sp³-hybridized carbons (Fsp3) is 0.278. The molecule has 2 amide bonds. The number of amides is 2. The average molecular weight is 628 g/mol. The molecule has 8 nitrogen and oxygen atoms in total. The summed E-state index contributed by atoms with van der Waals surface area (Å²) in [6.45, 7) is 4.62. The molecule has 0 aliphatic rings. The first kappa shape index (κ1) is 33.4. The van der Waals surface area contributed by atoms with Gasteiger partial charge in [-0.15, -0.1) is 0 Å². The van der Waals surface area contributed by atoms with Crippen molar-refractivity contribution in [2.45, 2.75) is 57.1 Å². The van der Waals surface area contributed by atoms with Gasteiger partial charge in [-0.25, -0.2) is 13.1 Å². The largest absolute Gasteiger partial charge is 0.497 e. The van der Waals surface area contributed by atoms with E-state index in [2.05, 4.69) is 10.0 Å². The fourth-order valence-corrected chi connectivity index (χ4v) is 6.04. The molecule has 0 aromatic heterocycles. The summed E-state index contributed by atoms with van der Waals surface area (Å²) in [5.74, 6) is 0.286. The number of ether oxygens (including phenoxy) is 1. The van der Waals surface area contributed by atoms with E-state index in [0.29, 0.717) is 31.7 Å². The van der Waals surface area contributed by atoms with Gasteiger partial charge in [0.05, 0.1) is 12.0 Å². The van der Waals surface area contributed by atoms with Crippen LogP contribution in [-0.4, -0.2) is 44.8 Å². The maximum absolute atomic E-state index is 14.0. The van der Waals surface area contributed by atoms with Crippen molar-refractivity contribution in [2.75, 3.05) is 13.7 Å². The Morgan fingerprint density at radius 3 is 2.04 bits per heavy atom. The number of methoxy groups -OCH3 is 1. The highest BCUT2D eigenvalue weighted by Gasteiger charge is 2.30. The molecule has 0 aliphatic heterocycles. The molecule has 4 aromatic rings. The average Bonchev–Trinajstić information content (AvgIpc) is 3.05. The van der Waals surface area contributed by atoms with E-state index in [-0.39, 0.29) is 29.7 Å². The monoisotopic (exact) mass is 627 g/mol. The smallest absolute Gasteiger partial charge is 0.243 e. The molecule has 0 bridgehead atoms. The number of rotatable bonds is 15. The Hall–Kier alpha value is -4.47. The maximum atomic E-state index is 14.0. The second kappa shape index (κ2) is 16.0. The van der Waals surface area contributed by atoms with Gasteiger partial charge in [0, 0.05) is 32.5 Å². The van der Waals surface area contributed by atoms with Crippen molar-refractivity contribution in [3.8, 4) is 5.75 Å². The fourth-order valence-electron chi connectivity index (χ4n) is 5.00. The van der Waals surface area contributed by atoms with Crippen LogP contribution in [0.2, 0.25) is 0 Å². The highest BCUT2D eigenvalue weighted by Crippen LogP contribution is 2.20. The zero-order valence-electron chi connectivity index (χ0n) is 26.0. The highest BCUT2D eigenvalue weighted by atomic mass is 32.2. The zero-order valence-corrected chi connectivity index (χ0v) is 26.8. The number of nitrogens with zero attached hydrogens (tertiary/aromatic N) is 1. The van der Waals surface area contributed by atoms with Crippen LogP contribution in [0, 0.1) is 6.92 Å². The lowest BCUT2D eigenvalue weighted by Gasteiger charge is -2.32. The van der Waals surface area contributed by atoms with E-state index >= 15 is 0 Å². The van der Waals surface area contributed by atoms with Crippen LogP contribution < -0.4 is 14.8 Å². The van der Waals surface area contributed by atoms with Gasteiger partial charge in [0.25, 0.3) is 0 Å². The van der Waals surface area contributed by atoms with Crippen molar-refractivity contribution in [2.24, 2.45) is 0 Å². The van der Waals surface area contributed by atoms with Gasteiger partial charge in [0.2, 0.25) is 21.8 Å². The number of sulfonamides is 1. The highest BCUT2D eigenvalue weighted by molar-refractivity contribution is 7.89. The molecule has 0 saturated carbocycles. The van der Waals surface area contributed by atoms with Crippen molar-refractivity contribution < 1.29 is 22.7 Å². The summed E-state index contributed by atoms with van der Waals surface area (Å²) in [7, 11) is -1.97. The molecule has 0 aliphatic carbocycles. The van der Waals surface area contributed by atoms with Crippen molar-refractivity contribution in [1.82, 2.24) is 14.9 Å². The topological polar surface area (TPSA) is 105 Å². The number of carbonyl (C=O) groups is 2. The molecule has 4 aromatic carbocycles. The molecule has 0 radical (unpaired) electrons. The Morgan fingerprint density at radius 1 is 0.800 bits per heavy atom. The Morgan fingerprint density at radius 2 is 1.42 bits per heavy atom. The van der Waals surface area contributed by atoms with Gasteiger partial charge in [0.15, 0.2) is 0 Å². The van der Waals surface area contributed by atoms with Crippen LogP contribution in [0.5, 0.6) is 5.75 Å². The molecule has 9 heteroatoms. The van der Waals surface area contributed by atoms with Crippen LogP contribution >= 0.6 is 0 Å². The van der Waals surface area contributed by atoms with Crippen LogP contribution in [0.3, 0.4) is 0 Å². The predicted octanol–water partition coefficient (Wildman–Crippen LogP) is 5.19. The summed E-state index contributed by atoms with van der Waals surface area (Å²) >= 11 is 0. The molecule has 45 heavy (non-hydrogen) atoms. The zero-order chi connectivity index (χ0) is 32.2. The van der Waals surface area contributed by atoms with Crippen LogP contribution in [0.15, 0.2) is 108 Å². The minimum absolute atomic E-state index is 0.145. The molecule has 2 N–H and O–H groups in total. The molecule has 0 unspecified atom stereocenters. The summed E-state index contributed by atoms with van der Waals surface area (Å²) in [6, 6.07) is 30.9. The number of hydrogen-bond donors (Lipinski definition) is 2. The lowest BCUT2D eigenvalue weighted by molar-refractivity contribution is -0.141. The molecule has 236 valence electrons. The SMILES string of the molecule is CCNS(=O)(=O)c1ccc(CCC(=O)N(Cc2ccc(OC)cc2)[C@H](Cc2ccccc2)C(=O)NCc2ccc(C)cc2)cc1. The minimum atomic E-state index is -3.57. The molecule has 0 spiro atoms. The van der Waals surface area contributed by atoms with Gasteiger partial charge < -0.3 is 15.0 Å². The van der Waals surface area contributed by atoms with Crippen LogP contribution in [0.1, 0.15) is 41.2 Å². The van der Waals surface area contributed by atoms with E-state index in [1.165, 1.54) is 0 Å². The van der Waals surface area contributed by atoms with E-state index in [4.69, 9.17) is 4.74 Å². The van der Waals surface area contributed by atoms with Crippen molar-refractivity contribution >= 4 is 21.8 Å². The number of carbonyl (C=O) groups excluding carboxylic acids is 2. The Labute approximate surface area is 266 Å². The number of aryl methyl sites for hydroxylation is 2. The summed E-state index contributed by atoms with van der Waals surface area (Å²) < 4.78 is 32.5. The quantitative estimate of drug-likeness (QED) is 0.189. The van der Waals surface area contributed by atoms with E-state index in [0.717, 1.165) is 27.8 Å². The van der Waals surface area contributed by atoms with E-state index in [1.807, 2.05) is 85.8 Å². The van der Waals surface area contributed by atoms with Gasteiger partial charge in [-0.1, -0.05) is 91.3 Å². The molecule has 4 rings (SSSR count). The first-order chi connectivity index (χ1) is 21.7. The van der Waals surface area contributed by atoms with Gasteiger partial charge in [0.1, 0.15) is 11.8 Å². The predicted molar refractivity (Wildman–Crippen MR) is 176 cm³/mol. The van der Waals surface area contributed by atoms with E-state index in [1.54, 1.807) is 43.2 Å². The molecular formula is C36H41N3O5S.